The van der Waals surface area contributed by atoms with Gasteiger partial charge in [-0.1, -0.05) is 163 Å². The molecule has 2 heterocycles. The molecule has 2 aromatic heterocycles. The maximum absolute atomic E-state index is 6.83. The van der Waals surface area contributed by atoms with Crippen LogP contribution >= 0.6 is 0 Å². The Bertz CT molecular complexity index is 2970. The molecule has 0 fully saturated rings. The quantitative estimate of drug-likeness (QED) is 0.174. The van der Waals surface area contributed by atoms with E-state index in [2.05, 4.69) is 159 Å². The van der Waals surface area contributed by atoms with Gasteiger partial charge in [-0.3, -0.25) is 0 Å². The maximum Gasteiger partial charge on any atom is 0.164 e. The SMILES string of the molecule is Cc1ccc(-c2ccc(-c3nc(-c4ccccc4)nc(-c4ccc5c(c4)oc4c6ccccc6cc(-c6cccc(-c7ccccc7)c6)c54)n3)cc2)cc1. The average molecular weight is 692 g/mol. The first kappa shape index (κ1) is 31.6. The molecule has 0 atom stereocenters. The lowest BCUT2D eigenvalue weighted by Crippen LogP contribution is -2.00. The van der Waals surface area contributed by atoms with Crippen LogP contribution in [-0.2, 0) is 0 Å². The van der Waals surface area contributed by atoms with Crippen molar-refractivity contribution in [2.45, 2.75) is 6.92 Å². The molecule has 0 aliphatic carbocycles. The average Bonchev–Trinajstić information content (AvgIpc) is 3.64. The van der Waals surface area contributed by atoms with Crippen molar-refractivity contribution in [3.05, 3.63) is 188 Å². The topological polar surface area (TPSA) is 51.8 Å². The largest absolute Gasteiger partial charge is 0.455 e. The van der Waals surface area contributed by atoms with Crippen LogP contribution in [0.1, 0.15) is 5.56 Å². The predicted molar refractivity (Wildman–Crippen MR) is 222 cm³/mol. The Labute approximate surface area is 313 Å². The maximum atomic E-state index is 6.83. The summed E-state index contributed by atoms with van der Waals surface area (Å²) in [7, 11) is 0. The number of hydrogen-bond acceptors (Lipinski definition) is 4. The summed E-state index contributed by atoms with van der Waals surface area (Å²) in [6.07, 6.45) is 0. The highest BCUT2D eigenvalue weighted by Crippen LogP contribution is 2.43. The van der Waals surface area contributed by atoms with Crippen LogP contribution in [0.4, 0.5) is 0 Å². The first-order valence-electron chi connectivity index (χ1n) is 18.2. The number of fused-ring (bicyclic) bond motifs is 5. The van der Waals surface area contributed by atoms with Gasteiger partial charge in [-0.2, -0.15) is 0 Å². The van der Waals surface area contributed by atoms with E-state index in [9.17, 15) is 0 Å². The van der Waals surface area contributed by atoms with Gasteiger partial charge in [0.1, 0.15) is 11.2 Å². The summed E-state index contributed by atoms with van der Waals surface area (Å²) >= 11 is 0. The summed E-state index contributed by atoms with van der Waals surface area (Å²) in [5.41, 5.74) is 12.6. The molecule has 10 aromatic rings. The van der Waals surface area contributed by atoms with Crippen molar-refractivity contribution in [1.82, 2.24) is 15.0 Å². The lowest BCUT2D eigenvalue weighted by molar-refractivity contribution is 0.673. The third-order valence-corrected chi connectivity index (χ3v) is 10.2. The van der Waals surface area contributed by atoms with Crippen LogP contribution in [0, 0.1) is 6.92 Å². The summed E-state index contributed by atoms with van der Waals surface area (Å²) in [5, 5.41) is 4.35. The summed E-state index contributed by atoms with van der Waals surface area (Å²) in [4.78, 5) is 15.1. The molecule has 0 unspecified atom stereocenters. The van der Waals surface area contributed by atoms with Gasteiger partial charge in [-0.05, 0) is 70.0 Å². The van der Waals surface area contributed by atoms with Crippen LogP contribution in [-0.4, -0.2) is 15.0 Å². The number of hydrogen-bond donors (Lipinski definition) is 0. The lowest BCUT2D eigenvalue weighted by Gasteiger charge is -2.10. The van der Waals surface area contributed by atoms with E-state index in [0.29, 0.717) is 17.5 Å². The Morgan fingerprint density at radius 1 is 0.370 bits per heavy atom. The van der Waals surface area contributed by atoms with Crippen molar-refractivity contribution in [2.75, 3.05) is 0 Å². The Hall–Kier alpha value is -7.17. The fourth-order valence-corrected chi connectivity index (χ4v) is 7.38. The second kappa shape index (κ2) is 13.1. The molecule has 254 valence electrons. The Morgan fingerprint density at radius 3 is 1.61 bits per heavy atom. The number of aryl methyl sites for hydroxylation is 1. The number of rotatable bonds is 6. The zero-order chi connectivity index (χ0) is 36.0. The Balaban J connectivity index is 1.12. The van der Waals surface area contributed by atoms with Gasteiger partial charge in [-0.15, -0.1) is 0 Å². The molecule has 4 nitrogen and oxygen atoms in total. The van der Waals surface area contributed by atoms with Gasteiger partial charge in [0.05, 0.1) is 0 Å². The summed E-state index contributed by atoms with van der Waals surface area (Å²) < 4.78 is 6.83. The van der Waals surface area contributed by atoms with Gasteiger partial charge in [0.15, 0.2) is 17.5 Å². The van der Waals surface area contributed by atoms with E-state index in [1.165, 1.54) is 22.3 Å². The fraction of sp³-hybridized carbons (Fsp3) is 0.0200. The van der Waals surface area contributed by atoms with Crippen molar-refractivity contribution in [1.29, 1.82) is 0 Å². The van der Waals surface area contributed by atoms with E-state index in [0.717, 1.165) is 66.1 Å². The second-order valence-corrected chi connectivity index (χ2v) is 13.7. The second-order valence-electron chi connectivity index (χ2n) is 13.7. The number of aromatic nitrogens is 3. The molecule has 0 aliphatic rings. The van der Waals surface area contributed by atoms with Gasteiger partial charge < -0.3 is 4.42 Å². The molecular formula is C50H33N3O. The first-order chi connectivity index (χ1) is 26.6. The smallest absolute Gasteiger partial charge is 0.164 e. The zero-order valence-electron chi connectivity index (χ0n) is 29.6. The molecule has 4 heteroatoms. The fourth-order valence-electron chi connectivity index (χ4n) is 7.38. The van der Waals surface area contributed by atoms with E-state index in [4.69, 9.17) is 19.4 Å². The van der Waals surface area contributed by atoms with Crippen molar-refractivity contribution in [3.8, 4) is 67.5 Å². The Kier molecular flexibility index (Phi) is 7.66. The molecule has 0 aliphatic heterocycles. The normalized spacial score (nSPS) is 11.4. The van der Waals surface area contributed by atoms with Crippen LogP contribution < -0.4 is 0 Å². The van der Waals surface area contributed by atoms with Gasteiger partial charge >= 0.3 is 0 Å². The molecule has 0 N–H and O–H groups in total. The predicted octanol–water partition coefficient (Wildman–Crippen LogP) is 13.2. The van der Waals surface area contributed by atoms with Crippen LogP contribution in [0.5, 0.6) is 0 Å². The monoisotopic (exact) mass is 691 g/mol. The minimum absolute atomic E-state index is 0.587. The van der Waals surface area contributed by atoms with Crippen molar-refractivity contribution < 1.29 is 4.42 Å². The first-order valence-corrected chi connectivity index (χ1v) is 18.2. The Morgan fingerprint density at radius 2 is 0.889 bits per heavy atom. The van der Waals surface area contributed by atoms with Crippen LogP contribution in [0.15, 0.2) is 186 Å². The molecule has 0 saturated carbocycles. The van der Waals surface area contributed by atoms with Crippen molar-refractivity contribution in [2.24, 2.45) is 0 Å². The van der Waals surface area contributed by atoms with E-state index < -0.39 is 0 Å². The highest BCUT2D eigenvalue weighted by molar-refractivity contribution is 6.21. The van der Waals surface area contributed by atoms with E-state index in [-0.39, 0.29) is 0 Å². The molecule has 0 saturated heterocycles. The summed E-state index contributed by atoms with van der Waals surface area (Å²) in [5.74, 6) is 1.82. The molecule has 10 rings (SSSR count). The molecule has 8 aromatic carbocycles. The molecule has 0 spiro atoms. The zero-order valence-corrected chi connectivity index (χ0v) is 29.6. The van der Waals surface area contributed by atoms with Crippen LogP contribution in [0.2, 0.25) is 0 Å². The third kappa shape index (κ3) is 5.71. The van der Waals surface area contributed by atoms with E-state index >= 15 is 0 Å². The van der Waals surface area contributed by atoms with Crippen LogP contribution in [0.3, 0.4) is 0 Å². The van der Waals surface area contributed by atoms with Crippen molar-refractivity contribution in [3.63, 3.8) is 0 Å². The van der Waals surface area contributed by atoms with E-state index in [1.807, 2.05) is 30.3 Å². The minimum atomic E-state index is 0.587. The highest BCUT2D eigenvalue weighted by atomic mass is 16.3. The minimum Gasteiger partial charge on any atom is -0.455 e. The number of nitrogens with zero attached hydrogens (tertiary/aromatic N) is 3. The lowest BCUT2D eigenvalue weighted by atomic mass is 9.93. The highest BCUT2D eigenvalue weighted by Gasteiger charge is 2.19. The van der Waals surface area contributed by atoms with Crippen LogP contribution in [0.25, 0.3) is 100 Å². The standard InChI is InChI=1S/C50H33N3O/c1-32-19-21-34(22-20-32)35-23-25-37(26-24-35)49-51-48(36-13-6-3-7-14-36)52-50(53-49)41-27-28-43-45(31-41)54-47-42-18-9-8-15-40(42)30-44(46(43)47)39-17-10-16-38(29-39)33-11-4-2-5-12-33/h2-31H,1H3. The number of furan rings is 1. The summed E-state index contributed by atoms with van der Waals surface area (Å²) in [6, 6.07) is 63.4. The van der Waals surface area contributed by atoms with Gasteiger partial charge in [0, 0.05) is 32.8 Å². The molecule has 54 heavy (non-hydrogen) atoms. The van der Waals surface area contributed by atoms with Crippen molar-refractivity contribution >= 4 is 32.7 Å². The molecule has 0 bridgehead atoms. The molecular weight excluding hydrogens is 659 g/mol. The van der Waals surface area contributed by atoms with Gasteiger partial charge in [0.2, 0.25) is 0 Å². The molecule has 0 radical (unpaired) electrons. The summed E-state index contributed by atoms with van der Waals surface area (Å²) in [6.45, 7) is 2.10. The third-order valence-electron chi connectivity index (χ3n) is 10.2. The van der Waals surface area contributed by atoms with E-state index in [1.54, 1.807) is 0 Å². The van der Waals surface area contributed by atoms with Gasteiger partial charge in [0.25, 0.3) is 0 Å². The number of benzene rings is 8. The van der Waals surface area contributed by atoms with Gasteiger partial charge in [-0.25, -0.2) is 15.0 Å². The molecule has 0 amide bonds.